The van der Waals surface area contributed by atoms with Gasteiger partial charge in [0.15, 0.2) is 0 Å². The molecular formula is C21H23N3OS. The topological polar surface area (TPSA) is 45.2 Å². The second kappa shape index (κ2) is 7.79. The molecule has 0 saturated heterocycles. The number of hydrogen-bond acceptors (Lipinski definition) is 4. The number of rotatable bonds is 5. The lowest BCUT2D eigenvalue weighted by Gasteiger charge is -2.13. The van der Waals surface area contributed by atoms with Gasteiger partial charge < -0.3 is 10.2 Å². The van der Waals surface area contributed by atoms with Crippen molar-refractivity contribution in [3.05, 3.63) is 59.7 Å². The van der Waals surface area contributed by atoms with Crippen molar-refractivity contribution in [1.82, 2.24) is 4.98 Å². The Bertz CT molecular complexity index is 936. The highest BCUT2D eigenvalue weighted by Crippen LogP contribution is 2.25. The average molecular weight is 366 g/mol. The van der Waals surface area contributed by atoms with Gasteiger partial charge in [0.1, 0.15) is 5.03 Å². The van der Waals surface area contributed by atoms with E-state index < -0.39 is 0 Å². The van der Waals surface area contributed by atoms with E-state index >= 15 is 0 Å². The highest BCUT2D eigenvalue weighted by Gasteiger charge is 2.09. The zero-order valence-corrected chi connectivity index (χ0v) is 16.4. The number of anilines is 2. The Kier molecular flexibility index (Phi) is 5.47. The van der Waals surface area contributed by atoms with Crippen LogP contribution in [0, 0.1) is 13.8 Å². The third-order valence-electron chi connectivity index (χ3n) is 4.12. The fourth-order valence-corrected chi connectivity index (χ4v) is 3.47. The molecule has 3 aromatic rings. The Morgan fingerprint density at radius 1 is 1.08 bits per heavy atom. The van der Waals surface area contributed by atoms with E-state index in [1.807, 2.05) is 50.2 Å². The third kappa shape index (κ3) is 4.35. The standard InChI is InChI=1S/C21H23N3OS/c1-14-5-6-16-12-15(2)21(23-19(16)11-14)26-13-20(25)22-17-7-9-18(10-8-17)24(3)4/h5-12H,13H2,1-4H3,(H,22,25). The number of hydrogen-bond donors (Lipinski definition) is 1. The summed E-state index contributed by atoms with van der Waals surface area (Å²) in [5.41, 5.74) is 5.15. The van der Waals surface area contributed by atoms with Crippen LogP contribution in [0.5, 0.6) is 0 Å². The molecule has 0 radical (unpaired) electrons. The Morgan fingerprint density at radius 3 is 2.50 bits per heavy atom. The molecule has 0 fully saturated rings. The molecule has 0 unspecified atom stereocenters. The second-order valence-corrected chi connectivity index (χ2v) is 7.55. The minimum Gasteiger partial charge on any atom is -0.378 e. The van der Waals surface area contributed by atoms with Crippen molar-refractivity contribution in [2.45, 2.75) is 18.9 Å². The zero-order valence-electron chi connectivity index (χ0n) is 15.5. The van der Waals surface area contributed by atoms with Crippen LogP contribution < -0.4 is 10.2 Å². The van der Waals surface area contributed by atoms with Crippen LogP contribution in [0.15, 0.2) is 53.6 Å². The minimum absolute atomic E-state index is 0.0295. The molecule has 0 aliphatic rings. The lowest BCUT2D eigenvalue weighted by molar-refractivity contribution is -0.113. The van der Waals surface area contributed by atoms with Gasteiger partial charge >= 0.3 is 0 Å². The Balaban J connectivity index is 1.65. The third-order valence-corrected chi connectivity index (χ3v) is 5.22. The summed E-state index contributed by atoms with van der Waals surface area (Å²) >= 11 is 1.47. The van der Waals surface area contributed by atoms with Gasteiger partial charge in [-0.25, -0.2) is 4.98 Å². The molecule has 1 amide bonds. The molecule has 1 aromatic heterocycles. The number of aromatic nitrogens is 1. The fraction of sp³-hybridized carbons (Fsp3) is 0.238. The molecule has 1 heterocycles. The van der Waals surface area contributed by atoms with Crippen molar-refractivity contribution in [1.29, 1.82) is 0 Å². The first-order chi connectivity index (χ1) is 12.4. The molecule has 0 aliphatic carbocycles. The number of fused-ring (bicyclic) bond motifs is 1. The molecule has 134 valence electrons. The highest BCUT2D eigenvalue weighted by atomic mass is 32.2. The van der Waals surface area contributed by atoms with Gasteiger partial charge in [0, 0.05) is 30.9 Å². The van der Waals surface area contributed by atoms with Gasteiger partial charge in [0.2, 0.25) is 5.91 Å². The van der Waals surface area contributed by atoms with E-state index in [0.717, 1.165) is 32.9 Å². The van der Waals surface area contributed by atoms with Crippen molar-refractivity contribution in [2.75, 3.05) is 30.1 Å². The van der Waals surface area contributed by atoms with Crippen LogP contribution in [-0.2, 0) is 4.79 Å². The van der Waals surface area contributed by atoms with E-state index in [2.05, 4.69) is 36.5 Å². The van der Waals surface area contributed by atoms with Crippen LogP contribution in [0.3, 0.4) is 0 Å². The fourth-order valence-electron chi connectivity index (χ4n) is 2.69. The van der Waals surface area contributed by atoms with Crippen molar-refractivity contribution in [3.63, 3.8) is 0 Å². The Labute approximate surface area is 158 Å². The summed E-state index contributed by atoms with van der Waals surface area (Å²) in [7, 11) is 3.98. The Morgan fingerprint density at radius 2 is 1.81 bits per heavy atom. The monoisotopic (exact) mass is 365 g/mol. The van der Waals surface area contributed by atoms with E-state index in [1.165, 1.54) is 17.3 Å². The maximum Gasteiger partial charge on any atom is 0.234 e. The van der Waals surface area contributed by atoms with Crippen LogP contribution >= 0.6 is 11.8 Å². The number of nitrogens with zero attached hydrogens (tertiary/aromatic N) is 2. The van der Waals surface area contributed by atoms with E-state index in [4.69, 9.17) is 4.98 Å². The number of carbonyl (C=O) groups is 1. The number of benzene rings is 2. The van der Waals surface area contributed by atoms with Crippen molar-refractivity contribution < 1.29 is 4.79 Å². The quantitative estimate of drug-likeness (QED) is 0.669. The van der Waals surface area contributed by atoms with Gasteiger partial charge in [-0.3, -0.25) is 4.79 Å². The second-order valence-electron chi connectivity index (χ2n) is 6.58. The number of aryl methyl sites for hydroxylation is 2. The van der Waals surface area contributed by atoms with Crippen molar-refractivity contribution >= 4 is 39.9 Å². The summed E-state index contributed by atoms with van der Waals surface area (Å²) < 4.78 is 0. The van der Waals surface area contributed by atoms with E-state index in [-0.39, 0.29) is 5.91 Å². The first kappa shape index (κ1) is 18.3. The molecule has 0 aliphatic heterocycles. The maximum atomic E-state index is 12.3. The molecule has 5 heteroatoms. The molecule has 26 heavy (non-hydrogen) atoms. The summed E-state index contributed by atoms with van der Waals surface area (Å²) in [5.74, 6) is 0.304. The van der Waals surface area contributed by atoms with Gasteiger partial charge in [-0.1, -0.05) is 23.9 Å². The zero-order chi connectivity index (χ0) is 18.7. The molecule has 0 saturated carbocycles. The number of carbonyl (C=O) groups excluding carboxylic acids is 1. The molecule has 0 bridgehead atoms. The smallest absolute Gasteiger partial charge is 0.234 e. The Hall–Kier alpha value is -2.53. The maximum absolute atomic E-state index is 12.3. The van der Waals surface area contributed by atoms with Gasteiger partial charge in [0.05, 0.1) is 11.3 Å². The molecule has 1 N–H and O–H groups in total. The van der Waals surface area contributed by atoms with Crippen LogP contribution in [-0.4, -0.2) is 30.7 Å². The molecule has 0 spiro atoms. The molecule has 0 atom stereocenters. The largest absolute Gasteiger partial charge is 0.378 e. The lowest BCUT2D eigenvalue weighted by atomic mass is 10.1. The predicted octanol–water partition coefficient (Wildman–Crippen LogP) is 4.65. The summed E-state index contributed by atoms with van der Waals surface area (Å²) in [4.78, 5) is 19.0. The van der Waals surface area contributed by atoms with E-state index in [1.54, 1.807) is 0 Å². The molecule has 4 nitrogen and oxygen atoms in total. The summed E-state index contributed by atoms with van der Waals surface area (Å²) in [6.45, 7) is 4.09. The van der Waals surface area contributed by atoms with Gasteiger partial charge in [-0.05, 0) is 61.4 Å². The number of nitrogens with one attached hydrogen (secondary N) is 1. The highest BCUT2D eigenvalue weighted by molar-refractivity contribution is 8.00. The first-order valence-corrected chi connectivity index (χ1v) is 9.49. The van der Waals surface area contributed by atoms with Gasteiger partial charge in [-0.15, -0.1) is 0 Å². The van der Waals surface area contributed by atoms with Crippen molar-refractivity contribution in [2.24, 2.45) is 0 Å². The summed E-state index contributed by atoms with van der Waals surface area (Å²) in [6.07, 6.45) is 0. The summed E-state index contributed by atoms with van der Waals surface area (Å²) in [6, 6.07) is 16.2. The summed E-state index contributed by atoms with van der Waals surface area (Å²) in [5, 5.41) is 4.97. The van der Waals surface area contributed by atoms with Crippen LogP contribution in [0.25, 0.3) is 10.9 Å². The van der Waals surface area contributed by atoms with Crippen LogP contribution in [0.1, 0.15) is 11.1 Å². The average Bonchev–Trinajstić information content (AvgIpc) is 2.60. The predicted molar refractivity (Wildman–Crippen MR) is 111 cm³/mol. The van der Waals surface area contributed by atoms with Crippen LogP contribution in [0.4, 0.5) is 11.4 Å². The first-order valence-electron chi connectivity index (χ1n) is 8.50. The minimum atomic E-state index is -0.0295. The van der Waals surface area contributed by atoms with Crippen molar-refractivity contribution in [3.8, 4) is 0 Å². The van der Waals surface area contributed by atoms with E-state index in [9.17, 15) is 4.79 Å². The molecule has 3 rings (SSSR count). The number of amides is 1. The SMILES string of the molecule is Cc1ccc2cc(C)c(SCC(=O)Nc3ccc(N(C)C)cc3)nc2c1. The number of thioether (sulfide) groups is 1. The van der Waals surface area contributed by atoms with Gasteiger partial charge in [-0.2, -0.15) is 0 Å². The van der Waals surface area contributed by atoms with E-state index in [0.29, 0.717) is 5.75 Å². The van der Waals surface area contributed by atoms with Crippen LogP contribution in [0.2, 0.25) is 0 Å². The lowest BCUT2D eigenvalue weighted by Crippen LogP contribution is -2.14. The molecule has 2 aromatic carbocycles. The molecular weight excluding hydrogens is 342 g/mol. The number of pyridine rings is 1. The van der Waals surface area contributed by atoms with Gasteiger partial charge in [0.25, 0.3) is 0 Å². The normalized spacial score (nSPS) is 10.8.